The van der Waals surface area contributed by atoms with E-state index in [1.807, 2.05) is 0 Å². The van der Waals surface area contributed by atoms with Crippen molar-refractivity contribution < 1.29 is 0 Å². The van der Waals surface area contributed by atoms with Crippen molar-refractivity contribution in [3.8, 4) is 11.1 Å². The number of fused-ring (bicyclic) bond motifs is 3. The molecule has 0 spiro atoms. The number of nitrogens with zero attached hydrogens (tertiary/aromatic N) is 3. The van der Waals surface area contributed by atoms with Crippen LogP contribution in [-0.2, 0) is 0 Å². The van der Waals surface area contributed by atoms with E-state index in [9.17, 15) is 0 Å². The molecule has 0 radical (unpaired) electrons. The van der Waals surface area contributed by atoms with E-state index in [-0.39, 0.29) is 0 Å². The smallest absolute Gasteiger partial charge is 0.293 e. The van der Waals surface area contributed by atoms with Gasteiger partial charge in [0.05, 0.1) is 11.4 Å². The number of benzene rings is 5. The fraction of sp³-hybridized carbons (Fsp3) is 0. The molecule has 0 saturated carbocycles. The van der Waals surface area contributed by atoms with Gasteiger partial charge in [0, 0.05) is 16.8 Å². The summed E-state index contributed by atoms with van der Waals surface area (Å²) in [5.74, 6) is 0. The first-order valence-electron chi connectivity index (χ1n) is 12.3. The van der Waals surface area contributed by atoms with E-state index in [1.165, 1.54) is 44.6 Å². The fourth-order valence-electron chi connectivity index (χ4n) is 4.96. The average Bonchev–Trinajstić information content (AvgIpc) is 3.32. The predicted molar refractivity (Wildman–Crippen MR) is 165 cm³/mol. The van der Waals surface area contributed by atoms with Gasteiger partial charge in [-0.15, -0.1) is 8.88 Å². The minimum absolute atomic E-state index is 0.496. The van der Waals surface area contributed by atoms with E-state index < -0.39 is 7.85 Å². The fourth-order valence-corrected chi connectivity index (χ4v) is 12.4. The van der Waals surface area contributed by atoms with Crippen molar-refractivity contribution in [3.63, 3.8) is 0 Å². The van der Waals surface area contributed by atoms with Gasteiger partial charge in [0.25, 0.3) is 0 Å². The minimum Gasteiger partial charge on any atom is -0.293 e. The van der Waals surface area contributed by atoms with Crippen molar-refractivity contribution in [3.05, 3.63) is 151 Å². The quantitative estimate of drug-likeness (QED) is 0.211. The molecule has 6 heteroatoms. The standard InChI is InChI=1S/C31H25N3P3/c1-4-14-24(15-5-1)32-35-33(25-16-6-2-7-17-25)37(34(36-32)26-18-8-3-9-19-26)31-29-22-12-10-20-27(29)28-21-11-13-23-30(28)31/h1-23,35-36H/q+1. The highest BCUT2D eigenvalue weighted by atomic mass is 31.2. The first-order chi connectivity index (χ1) is 18.4. The first-order valence-corrected chi connectivity index (χ1v) is 15.4. The molecule has 37 heavy (non-hydrogen) atoms. The topological polar surface area (TPSA) is 9.72 Å². The molecule has 1 fully saturated rings. The normalized spacial score (nSPS) is 16.8. The second-order valence-electron chi connectivity index (χ2n) is 8.89. The average molecular weight is 532 g/mol. The van der Waals surface area contributed by atoms with Crippen LogP contribution in [0.1, 0.15) is 11.1 Å². The highest BCUT2D eigenvalue weighted by Crippen LogP contribution is 2.65. The summed E-state index contributed by atoms with van der Waals surface area (Å²) in [6.45, 7) is 0. The maximum absolute atomic E-state index is 2.65. The van der Waals surface area contributed by atoms with Gasteiger partial charge < -0.3 is 0 Å². The van der Waals surface area contributed by atoms with E-state index in [4.69, 9.17) is 0 Å². The number of hydrogen-bond acceptors (Lipinski definition) is 3. The summed E-state index contributed by atoms with van der Waals surface area (Å²) in [7, 11) is 0.117. The van der Waals surface area contributed by atoms with Crippen LogP contribution < -0.4 is 13.3 Å². The Hall–Kier alpha value is -3.47. The van der Waals surface area contributed by atoms with Crippen molar-refractivity contribution in [2.75, 3.05) is 13.3 Å². The van der Waals surface area contributed by atoms with Gasteiger partial charge in [0.1, 0.15) is 17.8 Å². The summed E-state index contributed by atoms with van der Waals surface area (Å²) in [5, 5.41) is 1.45. The van der Waals surface area contributed by atoms with Crippen LogP contribution in [0, 0.1) is 0 Å². The molecular formula is C31H25N3P3+. The lowest BCUT2D eigenvalue weighted by Gasteiger charge is -2.38. The van der Waals surface area contributed by atoms with Crippen LogP contribution in [0.3, 0.4) is 0 Å². The van der Waals surface area contributed by atoms with Gasteiger partial charge >= 0.3 is 7.85 Å². The second kappa shape index (κ2) is 9.77. The number of hydrogen-bond donors (Lipinski definition) is 0. The van der Waals surface area contributed by atoms with Gasteiger partial charge in [0.15, 0.2) is 0 Å². The van der Waals surface area contributed by atoms with E-state index in [0.29, 0.717) is 17.8 Å². The third-order valence-electron chi connectivity index (χ3n) is 6.64. The molecule has 2 aliphatic rings. The van der Waals surface area contributed by atoms with E-state index >= 15 is 0 Å². The van der Waals surface area contributed by atoms with Crippen LogP contribution in [0.2, 0.25) is 0 Å². The Morgan fingerprint density at radius 2 is 0.730 bits per heavy atom. The zero-order valence-corrected chi connectivity index (χ0v) is 23.0. The van der Waals surface area contributed by atoms with Crippen LogP contribution in [0.15, 0.2) is 140 Å². The molecule has 5 aromatic carbocycles. The number of anilines is 3. The zero-order chi connectivity index (χ0) is 24.6. The Morgan fingerprint density at radius 3 is 1.16 bits per heavy atom. The molecule has 2 unspecified atom stereocenters. The van der Waals surface area contributed by atoms with Gasteiger partial charge in [-0.3, -0.25) is 4.44 Å². The third kappa shape index (κ3) is 4.05. The Labute approximate surface area is 222 Å². The molecule has 1 aliphatic carbocycles. The van der Waals surface area contributed by atoms with E-state index in [2.05, 4.69) is 153 Å². The predicted octanol–water partition coefficient (Wildman–Crippen LogP) is 9.10. The largest absolute Gasteiger partial charge is 0.356 e. The molecule has 5 aromatic rings. The Kier molecular flexibility index (Phi) is 6.00. The Balaban J connectivity index is 1.52. The third-order valence-corrected chi connectivity index (χ3v) is 12.8. The molecule has 3 nitrogen and oxygen atoms in total. The summed E-state index contributed by atoms with van der Waals surface area (Å²) in [6, 6.07) is 50.6. The van der Waals surface area contributed by atoms with Gasteiger partial charge in [-0.2, -0.15) is 0 Å². The van der Waals surface area contributed by atoms with Crippen LogP contribution >= 0.6 is 25.6 Å². The van der Waals surface area contributed by atoms with Gasteiger partial charge in [0.2, 0.25) is 5.29 Å². The van der Waals surface area contributed by atoms with Crippen molar-refractivity contribution in [1.29, 1.82) is 0 Å². The van der Waals surface area contributed by atoms with Crippen LogP contribution in [0.25, 0.3) is 11.1 Å². The maximum atomic E-state index is 2.65. The maximum Gasteiger partial charge on any atom is 0.356 e. The molecule has 178 valence electrons. The number of rotatable bonds is 3. The molecule has 0 aromatic heterocycles. The molecule has 0 bridgehead atoms. The first kappa shape index (κ1) is 22.7. The Bertz CT molecular complexity index is 1490. The molecule has 7 rings (SSSR count). The minimum atomic E-state index is -0.876. The monoisotopic (exact) mass is 532 g/mol. The van der Waals surface area contributed by atoms with E-state index in [0.717, 1.165) is 0 Å². The lowest BCUT2D eigenvalue weighted by molar-refractivity contribution is 1.46. The summed E-state index contributed by atoms with van der Waals surface area (Å²) < 4.78 is 7.84. The summed E-state index contributed by atoms with van der Waals surface area (Å²) in [6.07, 6.45) is 0. The van der Waals surface area contributed by atoms with Gasteiger partial charge in [-0.1, -0.05) is 91.0 Å². The molecule has 1 aliphatic heterocycles. The number of para-hydroxylation sites is 3. The Morgan fingerprint density at radius 1 is 0.378 bits per heavy atom. The lowest BCUT2D eigenvalue weighted by atomic mass is 10.1. The molecule has 0 amide bonds. The second-order valence-corrected chi connectivity index (χ2v) is 14.1. The van der Waals surface area contributed by atoms with Crippen molar-refractivity contribution >= 4 is 48.0 Å². The molecule has 0 N–H and O–H groups in total. The summed E-state index contributed by atoms with van der Waals surface area (Å²) >= 11 is 0. The van der Waals surface area contributed by atoms with Crippen LogP contribution in [0.5, 0.6) is 0 Å². The van der Waals surface area contributed by atoms with E-state index in [1.54, 1.807) is 0 Å². The molecule has 2 atom stereocenters. The van der Waals surface area contributed by atoms with Crippen LogP contribution in [0.4, 0.5) is 17.1 Å². The van der Waals surface area contributed by atoms with Crippen molar-refractivity contribution in [2.45, 2.75) is 0 Å². The SMILES string of the molecule is c1ccc(N2PN(c3ccccc3)[P+](=C3c4ccccc4-c4ccccc43)N(c3ccccc3)P2)cc1. The van der Waals surface area contributed by atoms with Gasteiger partial charge in [-0.05, 0) is 59.7 Å². The zero-order valence-electron chi connectivity index (χ0n) is 20.1. The van der Waals surface area contributed by atoms with Gasteiger partial charge in [-0.25, -0.2) is 0 Å². The van der Waals surface area contributed by atoms with Crippen LogP contribution in [-0.4, -0.2) is 5.29 Å². The lowest BCUT2D eigenvalue weighted by Crippen LogP contribution is -2.28. The van der Waals surface area contributed by atoms with Crippen molar-refractivity contribution in [1.82, 2.24) is 0 Å². The summed E-state index contributed by atoms with van der Waals surface area (Å²) in [5.41, 5.74) is 9.18. The molecule has 1 heterocycles. The molecule has 1 saturated heterocycles. The highest BCUT2D eigenvalue weighted by molar-refractivity contribution is 7.86. The van der Waals surface area contributed by atoms with Crippen molar-refractivity contribution in [2.24, 2.45) is 0 Å². The highest BCUT2D eigenvalue weighted by Gasteiger charge is 2.46. The molecular weight excluding hydrogens is 507 g/mol. The summed E-state index contributed by atoms with van der Waals surface area (Å²) in [4.78, 5) is 0.